The first-order valence-electron chi connectivity index (χ1n) is 11.0. The molecule has 3 aromatic heterocycles. The van der Waals surface area contributed by atoms with Gasteiger partial charge >= 0.3 is 5.97 Å². The van der Waals surface area contributed by atoms with E-state index in [2.05, 4.69) is 34.8 Å². The molecule has 0 aliphatic carbocycles. The summed E-state index contributed by atoms with van der Waals surface area (Å²) >= 11 is 6.16. The molecule has 0 bridgehead atoms. The number of hydrogen-bond acceptors (Lipinski definition) is 9. The van der Waals surface area contributed by atoms with Crippen LogP contribution in [0.3, 0.4) is 0 Å². The predicted molar refractivity (Wildman–Crippen MR) is 129 cm³/mol. The molecule has 0 radical (unpaired) electrons. The van der Waals surface area contributed by atoms with Gasteiger partial charge in [0.1, 0.15) is 29.4 Å². The third-order valence-corrected chi connectivity index (χ3v) is 5.90. The maximum Gasteiger partial charge on any atom is 0.343 e. The Bertz CT molecular complexity index is 1350. The molecule has 0 amide bonds. The van der Waals surface area contributed by atoms with Crippen LogP contribution in [0.15, 0.2) is 43.0 Å². The first-order chi connectivity index (χ1) is 16.5. The van der Waals surface area contributed by atoms with E-state index in [1.54, 1.807) is 30.3 Å². The molecule has 0 N–H and O–H groups in total. The van der Waals surface area contributed by atoms with Gasteiger partial charge in [-0.1, -0.05) is 17.7 Å². The maximum absolute atomic E-state index is 12.4. The summed E-state index contributed by atoms with van der Waals surface area (Å²) in [6.07, 6.45) is 4.88. The van der Waals surface area contributed by atoms with Crippen molar-refractivity contribution in [2.75, 3.05) is 42.6 Å². The molecule has 4 aromatic rings. The minimum absolute atomic E-state index is 0.298. The lowest BCUT2D eigenvalue weighted by atomic mass is 10.2. The Morgan fingerprint density at radius 1 is 1.06 bits per heavy atom. The number of aromatic nitrogens is 6. The number of esters is 1. The molecule has 0 saturated carbocycles. The Labute approximate surface area is 201 Å². The number of piperazine rings is 1. The molecule has 5 rings (SSSR count). The van der Waals surface area contributed by atoms with Crippen molar-refractivity contribution in [3.05, 3.63) is 59.4 Å². The highest BCUT2D eigenvalue weighted by atomic mass is 35.5. The molecule has 1 aromatic carbocycles. The third-order valence-electron chi connectivity index (χ3n) is 5.66. The number of hydrogen-bond donors (Lipinski definition) is 0. The van der Waals surface area contributed by atoms with Crippen LogP contribution >= 0.6 is 11.6 Å². The SMILES string of the molecule is CCOC(=O)c1cnc(C)nc1N1CCN(c2ncnc3c2cnn3-c2cccc(Cl)c2)CC1. The minimum Gasteiger partial charge on any atom is -0.462 e. The van der Waals surface area contributed by atoms with Crippen LogP contribution in [0, 0.1) is 6.92 Å². The molecular weight excluding hydrogens is 456 g/mol. The van der Waals surface area contributed by atoms with E-state index in [-0.39, 0.29) is 0 Å². The molecule has 1 saturated heterocycles. The number of carbonyl (C=O) groups excluding carboxylic acids is 1. The van der Waals surface area contributed by atoms with Crippen molar-refractivity contribution >= 4 is 40.2 Å². The van der Waals surface area contributed by atoms with E-state index in [9.17, 15) is 4.79 Å². The number of ether oxygens (including phenoxy) is 1. The van der Waals surface area contributed by atoms with E-state index >= 15 is 0 Å². The van der Waals surface area contributed by atoms with Crippen molar-refractivity contribution in [2.45, 2.75) is 13.8 Å². The number of nitrogens with zero attached hydrogens (tertiary/aromatic N) is 8. The van der Waals surface area contributed by atoms with Crippen LogP contribution in [0.25, 0.3) is 16.7 Å². The summed E-state index contributed by atoms with van der Waals surface area (Å²) < 4.78 is 6.96. The van der Waals surface area contributed by atoms with Crippen molar-refractivity contribution in [3.8, 4) is 5.69 Å². The molecule has 1 aliphatic heterocycles. The molecule has 1 fully saturated rings. The number of carbonyl (C=O) groups is 1. The van der Waals surface area contributed by atoms with Crippen LogP contribution in [-0.2, 0) is 4.74 Å². The van der Waals surface area contributed by atoms with Crippen LogP contribution in [0.1, 0.15) is 23.1 Å². The fourth-order valence-corrected chi connectivity index (χ4v) is 4.25. The molecule has 0 unspecified atom stereocenters. The van der Waals surface area contributed by atoms with Gasteiger partial charge in [-0.15, -0.1) is 0 Å². The zero-order valence-corrected chi connectivity index (χ0v) is 19.6. The lowest BCUT2D eigenvalue weighted by Gasteiger charge is -2.36. The van der Waals surface area contributed by atoms with Gasteiger partial charge in [-0.2, -0.15) is 5.10 Å². The highest BCUT2D eigenvalue weighted by Crippen LogP contribution is 2.27. The lowest BCUT2D eigenvalue weighted by molar-refractivity contribution is 0.0526. The fraction of sp³-hybridized carbons (Fsp3) is 0.304. The van der Waals surface area contributed by atoms with Crippen LogP contribution in [-0.4, -0.2) is 68.5 Å². The predicted octanol–water partition coefficient (Wildman–Crippen LogP) is 3.07. The third kappa shape index (κ3) is 4.12. The first kappa shape index (κ1) is 22.0. The topological polar surface area (TPSA) is 102 Å². The monoisotopic (exact) mass is 478 g/mol. The Morgan fingerprint density at radius 3 is 2.56 bits per heavy atom. The van der Waals surface area contributed by atoms with E-state index in [4.69, 9.17) is 16.3 Å². The van der Waals surface area contributed by atoms with E-state index in [0.717, 1.165) is 16.9 Å². The zero-order valence-electron chi connectivity index (χ0n) is 18.8. The van der Waals surface area contributed by atoms with Gasteiger partial charge in [-0.05, 0) is 32.0 Å². The van der Waals surface area contributed by atoms with Crippen LogP contribution in [0.5, 0.6) is 0 Å². The van der Waals surface area contributed by atoms with Crippen molar-refractivity contribution < 1.29 is 9.53 Å². The summed E-state index contributed by atoms with van der Waals surface area (Å²) in [4.78, 5) is 34.4. The first-order valence-corrected chi connectivity index (χ1v) is 11.4. The summed E-state index contributed by atoms with van der Waals surface area (Å²) in [7, 11) is 0. The van der Waals surface area contributed by atoms with Crippen LogP contribution < -0.4 is 9.80 Å². The van der Waals surface area contributed by atoms with Gasteiger partial charge in [0.2, 0.25) is 0 Å². The standard InChI is InChI=1S/C23H23ClN8O2/c1-3-34-23(33)19-12-25-15(2)29-22(19)31-9-7-30(8-10-31)20-18-13-28-32(21(18)27-14-26-20)17-6-4-5-16(24)11-17/h4-6,11-14H,3,7-10H2,1-2H3. The summed E-state index contributed by atoms with van der Waals surface area (Å²) in [6, 6.07) is 7.48. The Balaban J connectivity index is 1.39. The van der Waals surface area contributed by atoms with Crippen molar-refractivity contribution in [2.24, 2.45) is 0 Å². The molecule has 0 spiro atoms. The number of benzene rings is 1. The second-order valence-electron chi connectivity index (χ2n) is 7.82. The van der Waals surface area contributed by atoms with E-state index < -0.39 is 5.97 Å². The lowest BCUT2D eigenvalue weighted by Crippen LogP contribution is -2.47. The number of aryl methyl sites for hydroxylation is 1. The van der Waals surface area contributed by atoms with E-state index in [1.165, 1.54) is 0 Å². The molecule has 1 aliphatic rings. The van der Waals surface area contributed by atoms with E-state index in [0.29, 0.717) is 60.7 Å². The number of rotatable bonds is 5. The van der Waals surface area contributed by atoms with Crippen molar-refractivity contribution in [1.29, 1.82) is 0 Å². The summed E-state index contributed by atoms with van der Waals surface area (Å²) in [6.45, 7) is 6.60. The normalized spacial score (nSPS) is 14.0. The molecule has 0 atom stereocenters. The van der Waals surface area contributed by atoms with Gasteiger partial charge in [0.05, 0.1) is 23.9 Å². The highest BCUT2D eigenvalue weighted by Gasteiger charge is 2.26. The van der Waals surface area contributed by atoms with Crippen molar-refractivity contribution in [3.63, 3.8) is 0 Å². The second kappa shape index (κ2) is 9.22. The average molecular weight is 479 g/mol. The molecule has 174 valence electrons. The van der Waals surface area contributed by atoms with Gasteiger partial charge in [-0.3, -0.25) is 0 Å². The number of fused-ring (bicyclic) bond motifs is 1. The zero-order chi connectivity index (χ0) is 23.7. The summed E-state index contributed by atoms with van der Waals surface area (Å²) in [5.74, 6) is 1.62. The highest BCUT2D eigenvalue weighted by molar-refractivity contribution is 6.30. The van der Waals surface area contributed by atoms with Crippen molar-refractivity contribution in [1.82, 2.24) is 29.7 Å². The maximum atomic E-state index is 12.4. The van der Waals surface area contributed by atoms with Gasteiger partial charge in [0.15, 0.2) is 5.65 Å². The number of anilines is 2. The van der Waals surface area contributed by atoms with Crippen LogP contribution in [0.2, 0.25) is 5.02 Å². The largest absolute Gasteiger partial charge is 0.462 e. The molecule has 10 nitrogen and oxygen atoms in total. The molecule has 4 heterocycles. The van der Waals surface area contributed by atoms with Gasteiger partial charge in [0, 0.05) is 37.4 Å². The van der Waals surface area contributed by atoms with Gasteiger partial charge < -0.3 is 14.5 Å². The van der Waals surface area contributed by atoms with E-state index in [1.807, 2.05) is 31.2 Å². The molecule has 34 heavy (non-hydrogen) atoms. The quantitative estimate of drug-likeness (QED) is 0.400. The Hall–Kier alpha value is -3.79. The summed E-state index contributed by atoms with van der Waals surface area (Å²) in [5, 5.41) is 6.03. The number of halogens is 1. The second-order valence-corrected chi connectivity index (χ2v) is 8.26. The Morgan fingerprint density at radius 2 is 1.82 bits per heavy atom. The average Bonchev–Trinajstić information content (AvgIpc) is 3.29. The van der Waals surface area contributed by atoms with Crippen LogP contribution in [0.4, 0.5) is 11.6 Å². The van der Waals surface area contributed by atoms with Gasteiger partial charge in [-0.25, -0.2) is 29.4 Å². The molecular formula is C23H23ClN8O2. The fourth-order valence-electron chi connectivity index (χ4n) is 4.06. The minimum atomic E-state index is -0.411. The van der Waals surface area contributed by atoms with Gasteiger partial charge in [0.25, 0.3) is 0 Å². The molecule has 11 heteroatoms. The smallest absolute Gasteiger partial charge is 0.343 e. The Kier molecular flexibility index (Phi) is 5.97. The summed E-state index contributed by atoms with van der Waals surface area (Å²) in [5.41, 5.74) is 1.93.